The predicted molar refractivity (Wildman–Crippen MR) is 53.4 cm³/mol. The smallest absolute Gasteiger partial charge is 0.238 e. The molecular weight excluding hydrogens is 204 g/mol. The Kier molecular flexibility index (Phi) is 2.97. The molecule has 5 nitrogen and oxygen atoms in total. The summed E-state index contributed by atoms with van der Waals surface area (Å²) in [5.74, 6) is 0.332. The number of anilines is 1. The second-order valence-corrected chi connectivity index (χ2v) is 4.24. The van der Waals surface area contributed by atoms with E-state index < -0.39 is 10.0 Å². The number of sulfonamides is 1. The molecular formula is C8H12N2O3S. The number of rotatable bonds is 3. The Labute approximate surface area is 82.7 Å². The SMILES string of the molecule is CCOc1cc(S(N)(=O)=O)ccc1N. The van der Waals surface area contributed by atoms with Crippen LogP contribution in [0.2, 0.25) is 0 Å². The van der Waals surface area contributed by atoms with Crippen molar-refractivity contribution in [2.24, 2.45) is 5.14 Å². The van der Waals surface area contributed by atoms with Crippen molar-refractivity contribution in [2.45, 2.75) is 11.8 Å². The zero-order chi connectivity index (χ0) is 10.8. The summed E-state index contributed by atoms with van der Waals surface area (Å²) in [6, 6.07) is 4.10. The van der Waals surface area contributed by atoms with Crippen LogP contribution in [0.25, 0.3) is 0 Å². The van der Waals surface area contributed by atoms with Crippen molar-refractivity contribution in [2.75, 3.05) is 12.3 Å². The van der Waals surface area contributed by atoms with Crippen molar-refractivity contribution in [1.82, 2.24) is 0 Å². The summed E-state index contributed by atoms with van der Waals surface area (Å²) in [5.41, 5.74) is 5.95. The molecule has 78 valence electrons. The van der Waals surface area contributed by atoms with Crippen LogP contribution in [0.1, 0.15) is 6.92 Å². The van der Waals surface area contributed by atoms with Gasteiger partial charge in [-0.15, -0.1) is 0 Å². The summed E-state index contributed by atoms with van der Waals surface area (Å²) in [6.07, 6.45) is 0. The number of hydrogen-bond donors (Lipinski definition) is 2. The standard InChI is InChI=1S/C8H12N2O3S/c1-2-13-8-5-6(14(10,11)12)3-4-7(8)9/h3-5H,2,9H2,1H3,(H2,10,11,12). The van der Waals surface area contributed by atoms with Crippen LogP contribution < -0.4 is 15.6 Å². The summed E-state index contributed by atoms with van der Waals surface area (Å²) in [6.45, 7) is 2.20. The molecule has 0 bridgehead atoms. The van der Waals surface area contributed by atoms with E-state index in [9.17, 15) is 8.42 Å². The fourth-order valence-electron chi connectivity index (χ4n) is 0.972. The van der Waals surface area contributed by atoms with E-state index in [0.717, 1.165) is 0 Å². The van der Waals surface area contributed by atoms with Gasteiger partial charge in [-0.3, -0.25) is 0 Å². The summed E-state index contributed by atoms with van der Waals surface area (Å²) >= 11 is 0. The van der Waals surface area contributed by atoms with Crippen molar-refractivity contribution in [3.63, 3.8) is 0 Å². The molecule has 0 heterocycles. The maximum absolute atomic E-state index is 11.0. The van der Waals surface area contributed by atoms with E-state index in [2.05, 4.69) is 0 Å². The van der Waals surface area contributed by atoms with Gasteiger partial charge >= 0.3 is 0 Å². The zero-order valence-corrected chi connectivity index (χ0v) is 8.54. The fourth-order valence-corrected chi connectivity index (χ4v) is 1.50. The van der Waals surface area contributed by atoms with Crippen LogP contribution in [0.15, 0.2) is 23.1 Å². The molecule has 0 saturated carbocycles. The second-order valence-electron chi connectivity index (χ2n) is 2.68. The van der Waals surface area contributed by atoms with Crippen LogP contribution in [0.4, 0.5) is 5.69 Å². The molecule has 0 aliphatic carbocycles. The van der Waals surface area contributed by atoms with Crippen LogP contribution >= 0.6 is 0 Å². The van der Waals surface area contributed by atoms with Gasteiger partial charge in [-0.2, -0.15) is 0 Å². The lowest BCUT2D eigenvalue weighted by molar-refractivity contribution is 0.341. The van der Waals surface area contributed by atoms with Crippen molar-refractivity contribution in [1.29, 1.82) is 0 Å². The van der Waals surface area contributed by atoms with Crippen LogP contribution in [-0.2, 0) is 10.0 Å². The molecule has 0 atom stereocenters. The van der Waals surface area contributed by atoms with Crippen molar-refractivity contribution in [3.05, 3.63) is 18.2 Å². The summed E-state index contributed by atoms with van der Waals surface area (Å²) in [5, 5.41) is 4.95. The molecule has 1 aromatic rings. The van der Waals surface area contributed by atoms with Gasteiger partial charge in [0.05, 0.1) is 17.2 Å². The first kappa shape index (κ1) is 10.8. The highest BCUT2D eigenvalue weighted by molar-refractivity contribution is 7.89. The van der Waals surface area contributed by atoms with E-state index >= 15 is 0 Å². The third kappa shape index (κ3) is 2.36. The maximum Gasteiger partial charge on any atom is 0.238 e. The van der Waals surface area contributed by atoms with Gasteiger partial charge in [-0.1, -0.05) is 0 Å². The summed E-state index contributed by atoms with van der Waals surface area (Å²) < 4.78 is 27.1. The number of ether oxygens (including phenoxy) is 1. The molecule has 6 heteroatoms. The topological polar surface area (TPSA) is 95.4 Å². The third-order valence-electron chi connectivity index (χ3n) is 1.61. The van der Waals surface area contributed by atoms with E-state index in [-0.39, 0.29) is 4.90 Å². The maximum atomic E-state index is 11.0. The average molecular weight is 216 g/mol. The van der Waals surface area contributed by atoms with Gasteiger partial charge in [0.1, 0.15) is 5.75 Å². The lowest BCUT2D eigenvalue weighted by Crippen LogP contribution is -2.12. The minimum absolute atomic E-state index is 0.00449. The Hall–Kier alpha value is -1.27. The number of hydrogen-bond acceptors (Lipinski definition) is 4. The first-order chi connectivity index (χ1) is 6.45. The quantitative estimate of drug-likeness (QED) is 0.711. The summed E-state index contributed by atoms with van der Waals surface area (Å²) in [7, 11) is -3.70. The fraction of sp³-hybridized carbons (Fsp3) is 0.250. The van der Waals surface area contributed by atoms with Gasteiger partial charge in [0.25, 0.3) is 0 Å². The minimum atomic E-state index is -3.70. The highest BCUT2D eigenvalue weighted by Crippen LogP contribution is 2.24. The Morgan fingerprint density at radius 1 is 1.43 bits per heavy atom. The first-order valence-electron chi connectivity index (χ1n) is 4.00. The largest absolute Gasteiger partial charge is 0.492 e. The molecule has 0 aromatic heterocycles. The van der Waals surface area contributed by atoms with Gasteiger partial charge in [0.2, 0.25) is 10.0 Å². The lowest BCUT2D eigenvalue weighted by Gasteiger charge is -2.07. The van der Waals surface area contributed by atoms with E-state index in [1.807, 2.05) is 0 Å². The Balaban J connectivity index is 3.20. The van der Waals surface area contributed by atoms with E-state index in [0.29, 0.717) is 18.0 Å². The van der Waals surface area contributed by atoms with Gasteiger partial charge in [0.15, 0.2) is 0 Å². The van der Waals surface area contributed by atoms with Crippen molar-refractivity contribution >= 4 is 15.7 Å². The van der Waals surface area contributed by atoms with Gasteiger partial charge < -0.3 is 10.5 Å². The van der Waals surface area contributed by atoms with E-state index in [1.165, 1.54) is 18.2 Å². The number of primary sulfonamides is 1. The predicted octanol–water partition coefficient (Wildman–Crippen LogP) is 0.315. The van der Waals surface area contributed by atoms with Gasteiger partial charge in [-0.05, 0) is 19.1 Å². The molecule has 0 unspecified atom stereocenters. The molecule has 0 radical (unpaired) electrons. The molecule has 0 saturated heterocycles. The highest BCUT2D eigenvalue weighted by Gasteiger charge is 2.10. The number of nitrogens with two attached hydrogens (primary N) is 2. The average Bonchev–Trinajstić information content (AvgIpc) is 2.07. The van der Waals surface area contributed by atoms with Crippen molar-refractivity contribution < 1.29 is 13.2 Å². The summed E-state index contributed by atoms with van der Waals surface area (Å²) in [4.78, 5) is -0.00449. The van der Waals surface area contributed by atoms with Crippen LogP contribution in [-0.4, -0.2) is 15.0 Å². The second kappa shape index (κ2) is 3.85. The molecule has 0 spiro atoms. The van der Waals surface area contributed by atoms with Crippen LogP contribution in [0, 0.1) is 0 Å². The third-order valence-corrected chi connectivity index (χ3v) is 2.52. The molecule has 0 amide bonds. The monoisotopic (exact) mass is 216 g/mol. The van der Waals surface area contributed by atoms with E-state index in [1.54, 1.807) is 6.92 Å². The molecule has 0 fully saturated rings. The minimum Gasteiger partial charge on any atom is -0.492 e. The molecule has 0 aliphatic heterocycles. The van der Waals surface area contributed by atoms with E-state index in [4.69, 9.17) is 15.6 Å². The number of benzene rings is 1. The molecule has 0 aliphatic rings. The number of nitrogen functional groups attached to an aromatic ring is 1. The molecule has 14 heavy (non-hydrogen) atoms. The normalized spacial score (nSPS) is 11.3. The highest BCUT2D eigenvalue weighted by atomic mass is 32.2. The van der Waals surface area contributed by atoms with Crippen LogP contribution in [0.3, 0.4) is 0 Å². The molecule has 4 N–H and O–H groups in total. The van der Waals surface area contributed by atoms with Gasteiger partial charge in [-0.25, -0.2) is 13.6 Å². The zero-order valence-electron chi connectivity index (χ0n) is 7.73. The molecule has 1 aromatic carbocycles. The first-order valence-corrected chi connectivity index (χ1v) is 5.55. The van der Waals surface area contributed by atoms with Crippen LogP contribution in [0.5, 0.6) is 5.75 Å². The molecule has 1 rings (SSSR count). The Morgan fingerprint density at radius 2 is 2.07 bits per heavy atom. The van der Waals surface area contributed by atoms with Crippen molar-refractivity contribution in [3.8, 4) is 5.75 Å². The lowest BCUT2D eigenvalue weighted by atomic mass is 10.3. The van der Waals surface area contributed by atoms with Gasteiger partial charge in [0, 0.05) is 6.07 Å². The Bertz CT molecular complexity index is 428. The Morgan fingerprint density at radius 3 is 2.57 bits per heavy atom.